The van der Waals surface area contributed by atoms with Crippen LogP contribution in [0.5, 0.6) is 0 Å². The van der Waals surface area contributed by atoms with Crippen LogP contribution in [0.15, 0.2) is 9.95 Å². The number of fused-ring (bicyclic) bond motifs is 3. The van der Waals surface area contributed by atoms with Gasteiger partial charge < -0.3 is 4.74 Å². The molecule has 2 aliphatic rings. The van der Waals surface area contributed by atoms with E-state index in [1.807, 2.05) is 4.57 Å². The van der Waals surface area contributed by atoms with Crippen molar-refractivity contribution < 1.29 is 4.74 Å². The van der Waals surface area contributed by atoms with Crippen LogP contribution in [-0.2, 0) is 24.1 Å². The zero-order valence-electron chi connectivity index (χ0n) is 14.3. The highest BCUT2D eigenvalue weighted by molar-refractivity contribution is 7.99. The average molecular weight is 365 g/mol. The molecule has 0 saturated carbocycles. The third-order valence-corrected chi connectivity index (χ3v) is 6.97. The Kier molecular flexibility index (Phi) is 4.71. The Labute approximate surface area is 150 Å². The fourth-order valence-corrected chi connectivity index (χ4v) is 5.83. The van der Waals surface area contributed by atoms with Gasteiger partial charge in [0.1, 0.15) is 4.83 Å². The first-order chi connectivity index (χ1) is 11.6. The van der Waals surface area contributed by atoms with Crippen molar-refractivity contribution in [2.75, 3.05) is 6.61 Å². The van der Waals surface area contributed by atoms with E-state index >= 15 is 0 Å². The molecule has 1 unspecified atom stereocenters. The van der Waals surface area contributed by atoms with Crippen molar-refractivity contribution in [2.45, 2.75) is 75.4 Å². The summed E-state index contributed by atoms with van der Waals surface area (Å²) in [5.74, 6) is 0. The summed E-state index contributed by atoms with van der Waals surface area (Å²) in [6, 6.07) is 0. The molecule has 0 radical (unpaired) electrons. The molecule has 1 saturated heterocycles. The van der Waals surface area contributed by atoms with Gasteiger partial charge in [-0.25, -0.2) is 4.98 Å². The maximum atomic E-state index is 13.3. The first-order valence-corrected chi connectivity index (χ1v) is 10.7. The highest BCUT2D eigenvalue weighted by atomic mass is 32.2. The van der Waals surface area contributed by atoms with E-state index in [1.165, 1.54) is 23.3 Å². The lowest BCUT2D eigenvalue weighted by molar-refractivity contribution is 0.0937. The maximum absolute atomic E-state index is 13.3. The summed E-state index contributed by atoms with van der Waals surface area (Å²) in [5.41, 5.74) is 1.43. The molecular weight excluding hydrogens is 340 g/mol. The number of hydrogen-bond acceptors (Lipinski definition) is 5. The normalized spacial score (nSPS) is 20.9. The lowest BCUT2D eigenvalue weighted by atomic mass is 9.97. The van der Waals surface area contributed by atoms with Crippen LogP contribution >= 0.6 is 23.1 Å². The number of hydrogen-bond donors (Lipinski definition) is 0. The van der Waals surface area contributed by atoms with Crippen LogP contribution in [0.2, 0.25) is 0 Å². The fraction of sp³-hybridized carbons (Fsp3) is 0.667. The Morgan fingerprint density at radius 1 is 1.33 bits per heavy atom. The van der Waals surface area contributed by atoms with Gasteiger partial charge in [0.2, 0.25) is 0 Å². The number of thioether (sulfide) groups is 1. The molecule has 0 aromatic carbocycles. The Morgan fingerprint density at radius 2 is 2.17 bits per heavy atom. The Balaban J connectivity index is 1.85. The van der Waals surface area contributed by atoms with Gasteiger partial charge in [0.15, 0.2) is 5.16 Å². The predicted octanol–water partition coefficient (Wildman–Crippen LogP) is 4.02. The van der Waals surface area contributed by atoms with Gasteiger partial charge in [-0.05, 0) is 44.1 Å². The van der Waals surface area contributed by atoms with E-state index in [-0.39, 0.29) is 11.7 Å². The molecule has 3 heterocycles. The molecule has 6 heteroatoms. The summed E-state index contributed by atoms with van der Waals surface area (Å²) in [5, 5.41) is 2.15. The van der Waals surface area contributed by atoms with Crippen molar-refractivity contribution in [3.05, 3.63) is 20.8 Å². The van der Waals surface area contributed by atoms with E-state index in [0.717, 1.165) is 47.7 Å². The number of aromatic nitrogens is 2. The third kappa shape index (κ3) is 3.04. The molecule has 4 nitrogen and oxygen atoms in total. The summed E-state index contributed by atoms with van der Waals surface area (Å²) in [6.07, 6.45) is 6.84. The lowest BCUT2D eigenvalue weighted by Crippen LogP contribution is -2.29. The molecule has 2 aromatic heterocycles. The monoisotopic (exact) mass is 364 g/mol. The van der Waals surface area contributed by atoms with E-state index in [0.29, 0.717) is 11.8 Å². The van der Waals surface area contributed by atoms with Crippen molar-refractivity contribution in [1.82, 2.24) is 9.55 Å². The standard InChI is InChI=1S/C18H24N2O2S2/c1-11(2)23-18-19-16-15(13-7-3-4-8-14(13)24-16)17(21)20(18)10-12-6-5-9-22-12/h11-12H,3-10H2,1-2H3. The molecule has 0 amide bonds. The maximum Gasteiger partial charge on any atom is 0.263 e. The highest BCUT2D eigenvalue weighted by Gasteiger charge is 2.25. The topological polar surface area (TPSA) is 44.1 Å². The van der Waals surface area contributed by atoms with Crippen LogP contribution in [0.1, 0.15) is 50.0 Å². The third-order valence-electron chi connectivity index (χ3n) is 4.79. The van der Waals surface area contributed by atoms with Crippen LogP contribution < -0.4 is 5.56 Å². The van der Waals surface area contributed by atoms with E-state index in [2.05, 4.69) is 13.8 Å². The van der Waals surface area contributed by atoms with E-state index in [4.69, 9.17) is 9.72 Å². The molecule has 1 atom stereocenters. The summed E-state index contributed by atoms with van der Waals surface area (Å²) < 4.78 is 7.68. The number of aryl methyl sites for hydroxylation is 2. The van der Waals surface area contributed by atoms with Crippen LogP contribution in [0, 0.1) is 0 Å². The number of ether oxygens (including phenoxy) is 1. The molecule has 4 rings (SSSR count). The second-order valence-corrected chi connectivity index (χ2v) is 9.63. The minimum Gasteiger partial charge on any atom is -0.376 e. The highest BCUT2D eigenvalue weighted by Crippen LogP contribution is 2.35. The smallest absolute Gasteiger partial charge is 0.263 e. The minimum atomic E-state index is 0.151. The number of thiophene rings is 1. The van der Waals surface area contributed by atoms with Crippen LogP contribution in [0.25, 0.3) is 10.2 Å². The van der Waals surface area contributed by atoms with Gasteiger partial charge in [0.05, 0.1) is 18.0 Å². The quantitative estimate of drug-likeness (QED) is 0.607. The molecule has 24 heavy (non-hydrogen) atoms. The molecule has 1 aliphatic carbocycles. The lowest BCUT2D eigenvalue weighted by Gasteiger charge is -2.17. The second-order valence-electron chi connectivity index (χ2n) is 7.00. The molecule has 0 N–H and O–H groups in total. The zero-order valence-corrected chi connectivity index (χ0v) is 16.0. The molecule has 1 aliphatic heterocycles. The van der Waals surface area contributed by atoms with E-state index < -0.39 is 0 Å². The van der Waals surface area contributed by atoms with E-state index in [9.17, 15) is 4.79 Å². The predicted molar refractivity (Wildman–Crippen MR) is 100 cm³/mol. The first-order valence-electron chi connectivity index (χ1n) is 8.97. The van der Waals surface area contributed by atoms with Crippen LogP contribution in [0.4, 0.5) is 0 Å². The van der Waals surface area contributed by atoms with Gasteiger partial charge in [-0.3, -0.25) is 9.36 Å². The van der Waals surface area contributed by atoms with Gasteiger partial charge in [0, 0.05) is 16.7 Å². The van der Waals surface area contributed by atoms with Gasteiger partial charge in [-0.2, -0.15) is 0 Å². The molecule has 2 aromatic rings. The SMILES string of the molecule is CC(C)Sc1nc2sc3c(c2c(=O)n1CC1CCCO1)CCCC3. The van der Waals surface area contributed by atoms with Crippen LogP contribution in [0.3, 0.4) is 0 Å². The van der Waals surface area contributed by atoms with E-state index in [1.54, 1.807) is 23.1 Å². The molecule has 1 fully saturated rings. The van der Waals surface area contributed by atoms with Gasteiger partial charge in [-0.1, -0.05) is 25.6 Å². The first kappa shape index (κ1) is 16.6. The Bertz CT molecular complexity index is 803. The zero-order chi connectivity index (χ0) is 16.7. The van der Waals surface area contributed by atoms with Crippen molar-refractivity contribution in [3.63, 3.8) is 0 Å². The minimum absolute atomic E-state index is 0.151. The van der Waals surface area contributed by atoms with Gasteiger partial charge in [0.25, 0.3) is 5.56 Å². The molecule has 0 bridgehead atoms. The molecule has 0 spiro atoms. The average Bonchev–Trinajstić information content (AvgIpc) is 3.17. The molecule has 130 valence electrons. The van der Waals surface area contributed by atoms with Crippen molar-refractivity contribution in [1.29, 1.82) is 0 Å². The Hall–Kier alpha value is -0.850. The van der Waals surface area contributed by atoms with Crippen molar-refractivity contribution >= 4 is 33.3 Å². The van der Waals surface area contributed by atoms with Gasteiger partial charge in [-0.15, -0.1) is 11.3 Å². The fourth-order valence-electron chi connectivity index (χ4n) is 3.67. The van der Waals surface area contributed by atoms with Crippen LogP contribution in [-0.4, -0.2) is 27.5 Å². The summed E-state index contributed by atoms with van der Waals surface area (Å²) in [7, 11) is 0. The Morgan fingerprint density at radius 3 is 2.92 bits per heavy atom. The number of nitrogens with zero attached hydrogens (tertiary/aromatic N) is 2. The van der Waals surface area contributed by atoms with Crippen molar-refractivity contribution in [3.8, 4) is 0 Å². The summed E-state index contributed by atoms with van der Waals surface area (Å²) >= 11 is 3.42. The largest absolute Gasteiger partial charge is 0.376 e. The summed E-state index contributed by atoms with van der Waals surface area (Å²) in [4.78, 5) is 20.6. The van der Waals surface area contributed by atoms with Crippen molar-refractivity contribution in [2.24, 2.45) is 0 Å². The molecular formula is C18H24N2O2S2. The summed E-state index contributed by atoms with van der Waals surface area (Å²) in [6.45, 7) is 5.75. The number of rotatable bonds is 4. The second kappa shape index (κ2) is 6.81. The van der Waals surface area contributed by atoms with Gasteiger partial charge >= 0.3 is 0 Å².